The van der Waals surface area contributed by atoms with Crippen molar-refractivity contribution in [3.8, 4) is 5.75 Å². The molecule has 130 valence electrons. The van der Waals surface area contributed by atoms with Crippen LogP contribution in [0.5, 0.6) is 5.75 Å². The van der Waals surface area contributed by atoms with E-state index in [2.05, 4.69) is 0 Å². The second-order valence-electron chi connectivity index (χ2n) is 6.55. The summed E-state index contributed by atoms with van der Waals surface area (Å²) in [4.78, 5) is 12.6. The van der Waals surface area contributed by atoms with Crippen LogP contribution in [-0.4, -0.2) is 11.0 Å². The van der Waals surface area contributed by atoms with Crippen LogP contribution >= 0.6 is 11.6 Å². The highest BCUT2D eigenvalue weighted by atomic mass is 35.5. The van der Waals surface area contributed by atoms with E-state index in [4.69, 9.17) is 16.0 Å². The number of benzene rings is 2. The van der Waals surface area contributed by atoms with Crippen LogP contribution in [0.3, 0.4) is 0 Å². The molecule has 1 N–H and O–H groups in total. The van der Waals surface area contributed by atoms with E-state index >= 15 is 0 Å². The van der Waals surface area contributed by atoms with Gasteiger partial charge in [0.1, 0.15) is 11.3 Å². The molecule has 4 heteroatoms. The molecule has 0 saturated carbocycles. The molecule has 3 nitrogen and oxygen atoms in total. The molecule has 1 unspecified atom stereocenters. The molecule has 1 aromatic heterocycles. The second kappa shape index (κ2) is 7.32. The van der Waals surface area contributed by atoms with E-state index in [-0.39, 0.29) is 17.6 Å². The van der Waals surface area contributed by atoms with Crippen molar-refractivity contribution in [2.75, 3.05) is 5.88 Å². The lowest BCUT2D eigenvalue weighted by atomic mass is 9.82. The molecule has 0 fully saturated rings. The van der Waals surface area contributed by atoms with Crippen molar-refractivity contribution in [1.29, 1.82) is 0 Å². The lowest BCUT2D eigenvalue weighted by Crippen LogP contribution is -2.18. The SMILES string of the molecule is CC(C)C(c1ccc(CCCl)cc1)c1c(O)c2ccccc2oc1=O. The molecule has 0 radical (unpaired) electrons. The molecule has 0 aliphatic rings. The first-order valence-corrected chi connectivity index (χ1v) is 8.96. The van der Waals surface area contributed by atoms with E-state index in [1.165, 1.54) is 0 Å². The quantitative estimate of drug-likeness (QED) is 0.513. The van der Waals surface area contributed by atoms with Crippen LogP contribution in [0.25, 0.3) is 11.0 Å². The Kier molecular flexibility index (Phi) is 5.14. The smallest absolute Gasteiger partial charge is 0.343 e. The van der Waals surface area contributed by atoms with Gasteiger partial charge in [-0.05, 0) is 35.6 Å². The molecule has 0 aliphatic heterocycles. The van der Waals surface area contributed by atoms with E-state index in [1.54, 1.807) is 18.2 Å². The predicted octanol–water partition coefficient (Wildman–Crippen LogP) is 5.07. The van der Waals surface area contributed by atoms with E-state index in [0.29, 0.717) is 22.4 Å². The van der Waals surface area contributed by atoms with Crippen molar-refractivity contribution in [3.63, 3.8) is 0 Å². The highest BCUT2D eigenvalue weighted by Crippen LogP contribution is 2.38. The number of para-hydroxylation sites is 1. The number of rotatable bonds is 5. The van der Waals surface area contributed by atoms with Crippen LogP contribution < -0.4 is 5.63 Å². The average Bonchev–Trinajstić information content (AvgIpc) is 2.59. The van der Waals surface area contributed by atoms with E-state index in [9.17, 15) is 9.90 Å². The van der Waals surface area contributed by atoms with Gasteiger partial charge in [0, 0.05) is 11.8 Å². The third-order valence-electron chi connectivity index (χ3n) is 4.52. The molecule has 0 amide bonds. The van der Waals surface area contributed by atoms with E-state index in [0.717, 1.165) is 17.5 Å². The Balaban J connectivity index is 2.16. The van der Waals surface area contributed by atoms with Gasteiger partial charge in [-0.15, -0.1) is 11.6 Å². The molecule has 0 bridgehead atoms. The van der Waals surface area contributed by atoms with Gasteiger partial charge in [0.2, 0.25) is 0 Å². The zero-order valence-corrected chi connectivity index (χ0v) is 15.1. The Morgan fingerprint density at radius 2 is 1.76 bits per heavy atom. The highest BCUT2D eigenvalue weighted by Gasteiger charge is 2.27. The predicted molar refractivity (Wildman–Crippen MR) is 102 cm³/mol. The van der Waals surface area contributed by atoms with Gasteiger partial charge in [-0.3, -0.25) is 0 Å². The summed E-state index contributed by atoms with van der Waals surface area (Å²) in [6.07, 6.45) is 0.803. The summed E-state index contributed by atoms with van der Waals surface area (Å²) in [5, 5.41) is 11.3. The van der Waals surface area contributed by atoms with Crippen LogP contribution in [0.2, 0.25) is 0 Å². The standard InChI is InChI=1S/C21H21ClO3/c1-13(2)18(15-9-7-14(8-10-15)11-12-22)19-20(23)16-5-3-4-6-17(16)25-21(19)24/h3-10,13,18,23H,11-12H2,1-2H3. The minimum absolute atomic E-state index is 0.00962. The van der Waals surface area contributed by atoms with Gasteiger partial charge in [-0.1, -0.05) is 50.2 Å². The van der Waals surface area contributed by atoms with Crippen molar-refractivity contribution >= 4 is 22.6 Å². The fraction of sp³-hybridized carbons (Fsp3) is 0.286. The number of halogens is 1. The molecule has 1 atom stereocenters. The molecule has 3 rings (SSSR count). The van der Waals surface area contributed by atoms with Crippen LogP contribution in [-0.2, 0) is 6.42 Å². The molecule has 3 aromatic rings. The van der Waals surface area contributed by atoms with Crippen LogP contribution in [0.1, 0.15) is 36.5 Å². The summed E-state index contributed by atoms with van der Waals surface area (Å²) in [6, 6.07) is 15.1. The van der Waals surface area contributed by atoms with Gasteiger partial charge in [0.05, 0.1) is 10.9 Å². The van der Waals surface area contributed by atoms with Gasteiger partial charge >= 0.3 is 5.63 Å². The van der Waals surface area contributed by atoms with Gasteiger partial charge < -0.3 is 9.52 Å². The maximum Gasteiger partial charge on any atom is 0.343 e. The molecule has 25 heavy (non-hydrogen) atoms. The second-order valence-corrected chi connectivity index (χ2v) is 6.93. The summed E-state index contributed by atoms with van der Waals surface area (Å²) < 4.78 is 5.46. The molecule has 0 spiro atoms. The molecule has 2 aromatic carbocycles. The van der Waals surface area contributed by atoms with Crippen LogP contribution in [0.4, 0.5) is 0 Å². The third kappa shape index (κ3) is 3.42. The maximum absolute atomic E-state index is 12.6. The Bertz CT molecular complexity index is 926. The van der Waals surface area contributed by atoms with Gasteiger partial charge in [-0.25, -0.2) is 4.79 Å². The normalized spacial score (nSPS) is 12.6. The lowest BCUT2D eigenvalue weighted by Gasteiger charge is -2.22. The minimum atomic E-state index is -0.486. The first-order valence-electron chi connectivity index (χ1n) is 8.42. The summed E-state index contributed by atoms with van der Waals surface area (Å²) >= 11 is 5.79. The number of alkyl halides is 1. The Labute approximate surface area is 151 Å². The molecular formula is C21H21ClO3. The maximum atomic E-state index is 12.6. The number of aromatic hydroxyl groups is 1. The fourth-order valence-corrected chi connectivity index (χ4v) is 3.53. The monoisotopic (exact) mass is 356 g/mol. The summed E-state index contributed by atoms with van der Waals surface area (Å²) in [5.74, 6) is 0.456. The lowest BCUT2D eigenvalue weighted by molar-refractivity contribution is 0.435. The Morgan fingerprint density at radius 1 is 1.08 bits per heavy atom. The average molecular weight is 357 g/mol. The van der Waals surface area contributed by atoms with Crippen molar-refractivity contribution in [2.24, 2.45) is 5.92 Å². The van der Waals surface area contributed by atoms with E-state index < -0.39 is 5.63 Å². The molecule has 1 heterocycles. The molecule has 0 saturated heterocycles. The topological polar surface area (TPSA) is 50.4 Å². The van der Waals surface area contributed by atoms with Gasteiger partial charge in [0.15, 0.2) is 0 Å². The van der Waals surface area contributed by atoms with Crippen molar-refractivity contribution < 1.29 is 9.52 Å². The third-order valence-corrected chi connectivity index (χ3v) is 4.71. The highest BCUT2D eigenvalue weighted by molar-refractivity contribution is 6.17. The van der Waals surface area contributed by atoms with E-state index in [1.807, 2.05) is 44.2 Å². The minimum Gasteiger partial charge on any atom is -0.507 e. The summed E-state index contributed by atoms with van der Waals surface area (Å²) in [6.45, 7) is 4.07. The van der Waals surface area contributed by atoms with Crippen molar-refractivity contribution in [1.82, 2.24) is 0 Å². The Morgan fingerprint density at radius 3 is 2.40 bits per heavy atom. The van der Waals surface area contributed by atoms with Gasteiger partial charge in [-0.2, -0.15) is 0 Å². The summed E-state index contributed by atoms with van der Waals surface area (Å²) in [7, 11) is 0. The largest absolute Gasteiger partial charge is 0.507 e. The molecular weight excluding hydrogens is 336 g/mol. The zero-order valence-electron chi connectivity index (χ0n) is 14.3. The van der Waals surface area contributed by atoms with Crippen molar-refractivity contribution in [2.45, 2.75) is 26.2 Å². The number of aryl methyl sites for hydroxylation is 1. The number of fused-ring (bicyclic) bond motifs is 1. The van der Waals surface area contributed by atoms with Crippen LogP contribution in [0.15, 0.2) is 57.7 Å². The van der Waals surface area contributed by atoms with Gasteiger partial charge in [0.25, 0.3) is 0 Å². The number of hydrogen-bond donors (Lipinski definition) is 1. The zero-order chi connectivity index (χ0) is 18.0. The number of hydrogen-bond acceptors (Lipinski definition) is 3. The first-order chi connectivity index (χ1) is 12.0. The van der Waals surface area contributed by atoms with Crippen LogP contribution in [0, 0.1) is 5.92 Å². The Hall–Kier alpha value is -2.26. The van der Waals surface area contributed by atoms with Crippen molar-refractivity contribution in [3.05, 3.63) is 75.6 Å². The summed E-state index contributed by atoms with van der Waals surface area (Å²) in [5.41, 5.74) is 2.36. The first kappa shape index (κ1) is 17.6. The fourth-order valence-electron chi connectivity index (χ4n) is 3.31. The molecule has 0 aliphatic carbocycles.